The fourth-order valence-electron chi connectivity index (χ4n) is 2.34. The molecule has 0 saturated carbocycles. The molecular formula is C19H14Cl2N4O4S. The van der Waals surface area contributed by atoms with Gasteiger partial charge in [0, 0.05) is 23.6 Å². The van der Waals surface area contributed by atoms with Crippen molar-refractivity contribution in [2.45, 2.75) is 4.90 Å². The number of nitrogens with zero attached hydrogens (tertiary/aromatic N) is 1. The van der Waals surface area contributed by atoms with Crippen LogP contribution in [0.2, 0.25) is 10.0 Å². The lowest BCUT2D eigenvalue weighted by Crippen LogP contribution is -2.41. The summed E-state index contributed by atoms with van der Waals surface area (Å²) in [6.45, 7) is 0. The van der Waals surface area contributed by atoms with Crippen molar-refractivity contribution in [2.75, 3.05) is 4.72 Å². The zero-order valence-corrected chi connectivity index (χ0v) is 17.4. The average molecular weight is 465 g/mol. The number of pyridine rings is 1. The summed E-state index contributed by atoms with van der Waals surface area (Å²) in [7, 11) is -3.96. The number of benzene rings is 2. The van der Waals surface area contributed by atoms with Crippen LogP contribution in [0.25, 0.3) is 0 Å². The van der Waals surface area contributed by atoms with Gasteiger partial charge in [-0.3, -0.25) is 30.1 Å². The third-order valence-electron chi connectivity index (χ3n) is 3.79. The van der Waals surface area contributed by atoms with Gasteiger partial charge in [-0.2, -0.15) is 0 Å². The number of aromatic nitrogens is 1. The van der Waals surface area contributed by atoms with Crippen LogP contribution in [-0.2, 0) is 10.0 Å². The molecule has 154 valence electrons. The van der Waals surface area contributed by atoms with Crippen molar-refractivity contribution in [3.8, 4) is 0 Å². The normalized spacial score (nSPS) is 10.9. The van der Waals surface area contributed by atoms with Crippen LogP contribution in [0.1, 0.15) is 20.7 Å². The fraction of sp³-hybridized carbons (Fsp3) is 0. The highest BCUT2D eigenvalue weighted by molar-refractivity contribution is 7.92. The van der Waals surface area contributed by atoms with Crippen molar-refractivity contribution >= 4 is 50.7 Å². The highest BCUT2D eigenvalue weighted by atomic mass is 35.5. The molecule has 0 spiro atoms. The van der Waals surface area contributed by atoms with Crippen molar-refractivity contribution in [1.82, 2.24) is 15.8 Å². The van der Waals surface area contributed by atoms with Gasteiger partial charge in [0.25, 0.3) is 21.8 Å². The molecule has 8 nitrogen and oxygen atoms in total. The fourth-order valence-corrected chi connectivity index (χ4v) is 3.78. The molecule has 1 heterocycles. The van der Waals surface area contributed by atoms with Gasteiger partial charge in [-0.25, -0.2) is 8.42 Å². The SMILES string of the molecule is O=C(NNC(=O)c1cccc(NS(=O)(=O)c2ccc(Cl)c(Cl)c2)c1)c1cccnc1. The molecule has 0 aliphatic carbocycles. The van der Waals surface area contributed by atoms with E-state index in [1.54, 1.807) is 6.07 Å². The number of nitrogens with one attached hydrogen (secondary N) is 3. The van der Waals surface area contributed by atoms with Crippen molar-refractivity contribution in [3.05, 3.63) is 88.2 Å². The molecule has 30 heavy (non-hydrogen) atoms. The first-order valence-corrected chi connectivity index (χ1v) is 10.6. The highest BCUT2D eigenvalue weighted by Gasteiger charge is 2.17. The van der Waals surface area contributed by atoms with Gasteiger partial charge in [0.1, 0.15) is 0 Å². The first-order valence-electron chi connectivity index (χ1n) is 8.35. The third-order valence-corrected chi connectivity index (χ3v) is 5.91. The molecule has 0 saturated heterocycles. The van der Waals surface area contributed by atoms with E-state index in [0.29, 0.717) is 0 Å². The minimum Gasteiger partial charge on any atom is -0.280 e. The minimum atomic E-state index is -3.96. The number of carbonyl (C=O) groups excluding carboxylic acids is 2. The van der Waals surface area contributed by atoms with Gasteiger partial charge in [0.05, 0.1) is 20.5 Å². The monoisotopic (exact) mass is 464 g/mol. The topological polar surface area (TPSA) is 117 Å². The van der Waals surface area contributed by atoms with Crippen LogP contribution < -0.4 is 15.6 Å². The van der Waals surface area contributed by atoms with Crippen LogP contribution in [0.5, 0.6) is 0 Å². The van der Waals surface area contributed by atoms with E-state index in [9.17, 15) is 18.0 Å². The second-order valence-electron chi connectivity index (χ2n) is 5.91. The second-order valence-corrected chi connectivity index (χ2v) is 8.41. The second kappa shape index (κ2) is 9.12. The maximum Gasteiger partial charge on any atom is 0.271 e. The Balaban J connectivity index is 1.70. The number of carbonyl (C=O) groups is 2. The summed E-state index contributed by atoms with van der Waals surface area (Å²) < 4.78 is 27.4. The Hall–Kier alpha value is -3.14. The van der Waals surface area contributed by atoms with Crippen molar-refractivity contribution < 1.29 is 18.0 Å². The van der Waals surface area contributed by atoms with E-state index in [4.69, 9.17) is 23.2 Å². The molecule has 3 aromatic rings. The number of anilines is 1. The predicted octanol–water partition coefficient (Wildman–Crippen LogP) is 3.26. The number of amides is 2. The number of hydrazine groups is 1. The van der Waals surface area contributed by atoms with Gasteiger partial charge in [-0.15, -0.1) is 0 Å². The van der Waals surface area contributed by atoms with E-state index < -0.39 is 21.8 Å². The Morgan fingerprint density at radius 1 is 0.833 bits per heavy atom. The van der Waals surface area contributed by atoms with E-state index in [1.807, 2.05) is 0 Å². The van der Waals surface area contributed by atoms with E-state index in [0.717, 1.165) is 0 Å². The molecular weight excluding hydrogens is 451 g/mol. The first kappa shape index (κ1) is 21.6. The Bertz CT molecular complexity index is 1200. The van der Waals surface area contributed by atoms with Crippen molar-refractivity contribution in [1.29, 1.82) is 0 Å². The molecule has 11 heteroatoms. The van der Waals surface area contributed by atoms with E-state index in [2.05, 4.69) is 20.6 Å². The number of hydrogen-bond donors (Lipinski definition) is 3. The van der Waals surface area contributed by atoms with Gasteiger partial charge in [-0.05, 0) is 48.5 Å². The summed E-state index contributed by atoms with van der Waals surface area (Å²) in [5.41, 5.74) is 5.05. The lowest BCUT2D eigenvalue weighted by atomic mass is 10.2. The molecule has 3 N–H and O–H groups in total. The van der Waals surface area contributed by atoms with Gasteiger partial charge in [0.2, 0.25) is 0 Å². The lowest BCUT2D eigenvalue weighted by Gasteiger charge is -2.11. The van der Waals surface area contributed by atoms with Crippen molar-refractivity contribution in [3.63, 3.8) is 0 Å². The van der Waals surface area contributed by atoms with Crippen LogP contribution in [0.15, 0.2) is 71.9 Å². The predicted molar refractivity (Wildman–Crippen MR) is 113 cm³/mol. The van der Waals surface area contributed by atoms with E-state index in [-0.39, 0.29) is 31.8 Å². The summed E-state index contributed by atoms with van der Waals surface area (Å²) in [6.07, 6.45) is 2.86. The summed E-state index contributed by atoms with van der Waals surface area (Å²) in [5.74, 6) is -1.18. The van der Waals surface area contributed by atoms with E-state index in [1.165, 1.54) is 60.9 Å². The molecule has 0 radical (unpaired) electrons. The Labute approximate surface area is 182 Å². The van der Waals surface area contributed by atoms with Crippen LogP contribution >= 0.6 is 23.2 Å². The summed E-state index contributed by atoms with van der Waals surface area (Å²) in [6, 6.07) is 12.8. The molecule has 3 rings (SSSR count). The molecule has 0 bridgehead atoms. The zero-order chi connectivity index (χ0) is 21.7. The van der Waals surface area contributed by atoms with Gasteiger partial charge in [-0.1, -0.05) is 29.3 Å². The smallest absolute Gasteiger partial charge is 0.271 e. The molecule has 0 aliphatic heterocycles. The van der Waals surface area contributed by atoms with E-state index >= 15 is 0 Å². The average Bonchev–Trinajstić information content (AvgIpc) is 2.74. The molecule has 0 aliphatic rings. The molecule has 0 unspecified atom stereocenters. The Morgan fingerprint density at radius 2 is 1.53 bits per heavy atom. The maximum atomic E-state index is 12.5. The largest absolute Gasteiger partial charge is 0.280 e. The van der Waals surface area contributed by atoms with Gasteiger partial charge >= 0.3 is 0 Å². The van der Waals surface area contributed by atoms with Crippen LogP contribution in [-0.4, -0.2) is 25.2 Å². The van der Waals surface area contributed by atoms with Crippen LogP contribution in [0, 0.1) is 0 Å². The summed E-state index contributed by atoms with van der Waals surface area (Å²) in [4.78, 5) is 28.0. The summed E-state index contributed by atoms with van der Waals surface area (Å²) in [5, 5.41) is 0.319. The Kier molecular flexibility index (Phi) is 6.56. The van der Waals surface area contributed by atoms with Crippen molar-refractivity contribution in [2.24, 2.45) is 0 Å². The highest BCUT2D eigenvalue weighted by Crippen LogP contribution is 2.26. The molecule has 1 aromatic heterocycles. The number of sulfonamides is 1. The maximum absolute atomic E-state index is 12.5. The quantitative estimate of drug-likeness (QED) is 0.500. The van der Waals surface area contributed by atoms with Crippen LogP contribution in [0.3, 0.4) is 0 Å². The minimum absolute atomic E-state index is 0.0875. The molecule has 2 aromatic carbocycles. The molecule has 0 fully saturated rings. The summed E-state index contributed by atoms with van der Waals surface area (Å²) >= 11 is 11.7. The number of rotatable bonds is 5. The van der Waals surface area contributed by atoms with Gasteiger partial charge < -0.3 is 0 Å². The standard InChI is InChI=1S/C19H14Cl2N4O4S/c20-16-7-6-15(10-17(16)21)30(28,29)25-14-5-1-3-12(9-14)18(26)23-24-19(27)13-4-2-8-22-11-13/h1-11,25H,(H,23,26)(H,24,27). The zero-order valence-electron chi connectivity index (χ0n) is 15.1. The first-order chi connectivity index (χ1) is 14.3. The Morgan fingerprint density at radius 3 is 2.20 bits per heavy atom. The third kappa shape index (κ3) is 5.26. The molecule has 2 amide bonds. The van der Waals surface area contributed by atoms with Gasteiger partial charge in [0.15, 0.2) is 0 Å². The van der Waals surface area contributed by atoms with Crippen LogP contribution in [0.4, 0.5) is 5.69 Å². The number of halogens is 2. The lowest BCUT2D eigenvalue weighted by molar-refractivity contribution is 0.0846. The number of hydrogen-bond acceptors (Lipinski definition) is 5. The molecule has 0 atom stereocenters.